The molecule has 0 N–H and O–H groups in total. The monoisotopic (exact) mass is 654 g/mol. The van der Waals surface area contributed by atoms with Crippen molar-refractivity contribution in [3.8, 4) is 27.9 Å². The van der Waals surface area contributed by atoms with Gasteiger partial charge in [-0.15, -0.1) is 0 Å². The third-order valence-corrected chi connectivity index (χ3v) is 11.0. The second kappa shape index (κ2) is 12.6. The van der Waals surface area contributed by atoms with E-state index in [4.69, 9.17) is 0 Å². The molecule has 0 saturated carbocycles. The molecule has 238 valence electrons. The second-order valence-corrected chi connectivity index (χ2v) is 14.3. The lowest BCUT2D eigenvalue weighted by Crippen LogP contribution is -2.15. The summed E-state index contributed by atoms with van der Waals surface area (Å²) in [6.45, 7) is 1.69. The third kappa shape index (κ3) is 5.58. The van der Waals surface area contributed by atoms with Crippen LogP contribution in [0.2, 0.25) is 0 Å². The van der Waals surface area contributed by atoms with E-state index in [1.807, 2.05) is 41.3 Å². The lowest BCUT2D eigenvalue weighted by Gasteiger charge is -2.28. The predicted octanol–water partition coefficient (Wildman–Crippen LogP) is 11.4. The van der Waals surface area contributed by atoms with Gasteiger partial charge in [-0.2, -0.15) is 0 Å². The van der Waals surface area contributed by atoms with Crippen LogP contribution in [0.3, 0.4) is 0 Å². The van der Waals surface area contributed by atoms with Crippen LogP contribution in [-0.2, 0) is 9.84 Å². The standard InChI is InChI=1S/C44H34N2O2S/c1-2-49(47,48)44-20-12-11-19-43(44)45(37-26-21-33(22-27-37)32-13-5-3-6-14-32)38-28-23-34(24-29-38)35-25-30-42-40(31-35)39-17-9-10-18-41(39)46(42)36-15-7-4-8-16-36/h3-31H,2H2,1H3. The molecule has 0 aliphatic carbocycles. The number of sulfone groups is 1. The van der Waals surface area contributed by atoms with E-state index in [-0.39, 0.29) is 5.75 Å². The molecule has 0 spiro atoms. The average molecular weight is 655 g/mol. The smallest absolute Gasteiger partial charge is 0.180 e. The molecule has 0 fully saturated rings. The van der Waals surface area contributed by atoms with Crippen LogP contribution in [0.5, 0.6) is 0 Å². The van der Waals surface area contributed by atoms with Gasteiger partial charge in [-0.25, -0.2) is 8.42 Å². The van der Waals surface area contributed by atoms with E-state index in [9.17, 15) is 8.42 Å². The molecule has 0 aliphatic heterocycles. The Hall–Kier alpha value is -5.91. The zero-order valence-electron chi connectivity index (χ0n) is 27.1. The number of hydrogen-bond donors (Lipinski definition) is 0. The lowest BCUT2D eigenvalue weighted by atomic mass is 10.0. The summed E-state index contributed by atoms with van der Waals surface area (Å²) in [5, 5.41) is 2.40. The molecule has 0 aliphatic rings. The SMILES string of the molecule is CCS(=O)(=O)c1ccccc1N(c1ccc(-c2ccccc2)cc1)c1ccc(-c2ccc3c(c2)c2ccccc2n3-c2ccccc2)cc1. The molecule has 1 heterocycles. The first-order valence-electron chi connectivity index (χ1n) is 16.5. The summed E-state index contributed by atoms with van der Waals surface area (Å²) in [4.78, 5) is 2.35. The molecule has 8 aromatic rings. The van der Waals surface area contributed by atoms with Crippen LogP contribution in [0.4, 0.5) is 17.1 Å². The highest BCUT2D eigenvalue weighted by Crippen LogP contribution is 2.41. The molecule has 0 radical (unpaired) electrons. The van der Waals surface area contributed by atoms with Gasteiger partial charge in [0, 0.05) is 27.8 Å². The highest BCUT2D eigenvalue weighted by atomic mass is 32.2. The molecule has 0 unspecified atom stereocenters. The number of fused-ring (bicyclic) bond motifs is 3. The van der Waals surface area contributed by atoms with E-state index in [1.54, 1.807) is 19.1 Å². The first-order chi connectivity index (χ1) is 24.0. The summed E-state index contributed by atoms with van der Waals surface area (Å²) in [5.74, 6) is 0.0207. The molecule has 49 heavy (non-hydrogen) atoms. The van der Waals surface area contributed by atoms with Gasteiger partial charge in [-0.1, -0.05) is 116 Å². The van der Waals surface area contributed by atoms with E-state index in [0.717, 1.165) is 44.8 Å². The minimum absolute atomic E-state index is 0.0207. The number of hydrogen-bond acceptors (Lipinski definition) is 3. The van der Waals surface area contributed by atoms with Crippen molar-refractivity contribution in [3.05, 3.63) is 176 Å². The van der Waals surface area contributed by atoms with E-state index in [2.05, 4.69) is 132 Å². The minimum Gasteiger partial charge on any atom is -0.309 e. The van der Waals surface area contributed by atoms with E-state index >= 15 is 0 Å². The maximum Gasteiger partial charge on any atom is 0.180 e. The zero-order chi connectivity index (χ0) is 33.4. The van der Waals surface area contributed by atoms with E-state index in [1.165, 1.54) is 16.3 Å². The number of rotatable bonds is 8. The molecule has 0 bridgehead atoms. The zero-order valence-corrected chi connectivity index (χ0v) is 27.9. The van der Waals surface area contributed by atoms with Gasteiger partial charge in [0.1, 0.15) is 0 Å². The third-order valence-electron chi connectivity index (χ3n) is 9.20. The van der Waals surface area contributed by atoms with Crippen molar-refractivity contribution in [1.82, 2.24) is 4.57 Å². The summed E-state index contributed by atoms with van der Waals surface area (Å²) in [6.07, 6.45) is 0. The molecule has 4 nitrogen and oxygen atoms in total. The normalized spacial score (nSPS) is 11.6. The molecule has 5 heteroatoms. The Balaban J connectivity index is 1.23. The van der Waals surface area contributed by atoms with Gasteiger partial charge in [0.05, 0.1) is 27.4 Å². The van der Waals surface area contributed by atoms with Crippen LogP contribution in [0, 0.1) is 0 Å². The van der Waals surface area contributed by atoms with Crippen molar-refractivity contribution in [2.24, 2.45) is 0 Å². The second-order valence-electron chi connectivity index (χ2n) is 12.1. The Bertz CT molecular complexity index is 2520. The summed E-state index contributed by atoms with van der Waals surface area (Å²) in [5.41, 5.74) is 10.3. The van der Waals surface area contributed by atoms with Gasteiger partial charge in [0.2, 0.25) is 0 Å². The molecule has 7 aromatic carbocycles. The predicted molar refractivity (Wildman–Crippen MR) is 204 cm³/mol. The number of benzene rings is 7. The maximum absolute atomic E-state index is 13.3. The molecule has 8 rings (SSSR count). The van der Waals surface area contributed by atoms with Gasteiger partial charge in [0.15, 0.2) is 9.84 Å². The summed E-state index contributed by atoms with van der Waals surface area (Å²) in [7, 11) is -3.49. The van der Waals surface area contributed by atoms with Crippen molar-refractivity contribution < 1.29 is 8.42 Å². The quantitative estimate of drug-likeness (QED) is 0.164. The van der Waals surface area contributed by atoms with Crippen molar-refractivity contribution in [3.63, 3.8) is 0 Å². The fourth-order valence-electron chi connectivity index (χ4n) is 6.73. The average Bonchev–Trinajstić information content (AvgIpc) is 3.50. The van der Waals surface area contributed by atoms with Gasteiger partial charge >= 0.3 is 0 Å². The van der Waals surface area contributed by atoms with Crippen LogP contribution >= 0.6 is 0 Å². The maximum atomic E-state index is 13.3. The fourth-order valence-corrected chi connectivity index (χ4v) is 7.81. The van der Waals surface area contributed by atoms with Crippen LogP contribution in [0.1, 0.15) is 6.92 Å². The summed E-state index contributed by atoms with van der Waals surface area (Å²) in [6, 6.07) is 59.9. The Morgan fingerprint density at radius 3 is 1.67 bits per heavy atom. The topological polar surface area (TPSA) is 42.3 Å². The number of para-hydroxylation sites is 3. The van der Waals surface area contributed by atoms with Crippen molar-refractivity contribution in [1.29, 1.82) is 0 Å². The van der Waals surface area contributed by atoms with Gasteiger partial charge in [-0.05, 0) is 89.0 Å². The van der Waals surface area contributed by atoms with Gasteiger partial charge < -0.3 is 9.47 Å². The number of anilines is 3. The first-order valence-corrected chi connectivity index (χ1v) is 18.1. The fraction of sp³-hybridized carbons (Fsp3) is 0.0455. The Morgan fingerprint density at radius 2 is 1.00 bits per heavy atom. The van der Waals surface area contributed by atoms with Crippen LogP contribution < -0.4 is 4.90 Å². The molecule has 0 atom stereocenters. The first kappa shape index (κ1) is 30.4. The Labute approximate surface area is 287 Å². The number of aromatic nitrogens is 1. The molecule has 0 saturated heterocycles. The van der Waals surface area contributed by atoms with Gasteiger partial charge in [0.25, 0.3) is 0 Å². The van der Waals surface area contributed by atoms with Crippen LogP contribution in [0.25, 0.3) is 49.7 Å². The Morgan fingerprint density at radius 1 is 0.490 bits per heavy atom. The van der Waals surface area contributed by atoms with Crippen molar-refractivity contribution >= 4 is 48.7 Å². The highest BCUT2D eigenvalue weighted by Gasteiger charge is 2.23. The van der Waals surface area contributed by atoms with Crippen LogP contribution in [-0.4, -0.2) is 18.7 Å². The largest absolute Gasteiger partial charge is 0.309 e. The summed E-state index contributed by atoms with van der Waals surface area (Å²) >= 11 is 0. The molecule has 0 amide bonds. The summed E-state index contributed by atoms with van der Waals surface area (Å²) < 4.78 is 29.0. The minimum atomic E-state index is -3.49. The van der Waals surface area contributed by atoms with Gasteiger partial charge in [-0.3, -0.25) is 0 Å². The van der Waals surface area contributed by atoms with Crippen molar-refractivity contribution in [2.45, 2.75) is 11.8 Å². The molecular weight excluding hydrogens is 621 g/mol. The molecule has 1 aromatic heterocycles. The van der Waals surface area contributed by atoms with Crippen molar-refractivity contribution in [2.75, 3.05) is 10.7 Å². The van der Waals surface area contributed by atoms with Crippen LogP contribution in [0.15, 0.2) is 181 Å². The van der Waals surface area contributed by atoms with E-state index < -0.39 is 9.84 Å². The van der Waals surface area contributed by atoms with E-state index in [0.29, 0.717) is 10.6 Å². The number of nitrogens with zero attached hydrogens (tertiary/aromatic N) is 2. The Kier molecular flexibility index (Phi) is 7.83. The highest BCUT2D eigenvalue weighted by molar-refractivity contribution is 7.91. The lowest BCUT2D eigenvalue weighted by molar-refractivity contribution is 0.597. The molecular formula is C44H34N2O2S.